The predicted octanol–water partition coefficient (Wildman–Crippen LogP) is 4.36. The van der Waals surface area contributed by atoms with Gasteiger partial charge in [-0.25, -0.2) is 9.37 Å². The molecule has 5 nitrogen and oxygen atoms in total. The van der Waals surface area contributed by atoms with Crippen LogP contribution in [0.5, 0.6) is 0 Å². The highest BCUT2D eigenvalue weighted by molar-refractivity contribution is 14.0. The lowest BCUT2D eigenvalue weighted by molar-refractivity contribution is 0.461. The average molecular weight is 517 g/mol. The second kappa shape index (κ2) is 10.9. The van der Waals surface area contributed by atoms with Crippen molar-refractivity contribution in [1.82, 2.24) is 15.6 Å². The van der Waals surface area contributed by atoms with Gasteiger partial charge in [-0.2, -0.15) is 0 Å². The molecule has 1 aromatic carbocycles. The molecule has 8 heteroatoms. The van der Waals surface area contributed by atoms with E-state index in [0.29, 0.717) is 18.5 Å². The van der Waals surface area contributed by atoms with Crippen molar-refractivity contribution in [2.24, 2.45) is 4.99 Å². The summed E-state index contributed by atoms with van der Waals surface area (Å²) in [5, 5.41) is 10.1. The van der Waals surface area contributed by atoms with E-state index < -0.39 is 0 Å². The molecule has 0 saturated carbocycles. The van der Waals surface area contributed by atoms with Gasteiger partial charge in [0.15, 0.2) is 5.96 Å². The van der Waals surface area contributed by atoms with Crippen molar-refractivity contribution in [2.45, 2.75) is 45.2 Å². The monoisotopic (exact) mass is 517 g/mol. The van der Waals surface area contributed by atoms with Gasteiger partial charge in [0.05, 0.1) is 17.2 Å². The molecule has 1 aliphatic rings. The third-order valence-corrected chi connectivity index (χ3v) is 5.93. The van der Waals surface area contributed by atoms with Crippen molar-refractivity contribution in [3.05, 3.63) is 46.2 Å². The van der Waals surface area contributed by atoms with E-state index in [9.17, 15) is 4.39 Å². The summed E-state index contributed by atoms with van der Waals surface area (Å²) < 4.78 is 13.4. The van der Waals surface area contributed by atoms with E-state index in [2.05, 4.69) is 44.7 Å². The van der Waals surface area contributed by atoms with E-state index in [1.807, 2.05) is 6.07 Å². The lowest BCUT2D eigenvalue weighted by atomic mass is 10.0. The molecular weight excluding hydrogens is 488 g/mol. The smallest absolute Gasteiger partial charge is 0.191 e. The molecule has 0 amide bonds. The van der Waals surface area contributed by atoms with Crippen molar-refractivity contribution < 1.29 is 4.39 Å². The Bertz CT molecular complexity index is 771. The number of anilines is 1. The molecule has 1 aromatic heterocycles. The third-order valence-electron chi connectivity index (χ3n) is 4.73. The molecule has 0 unspecified atom stereocenters. The summed E-state index contributed by atoms with van der Waals surface area (Å²) in [4.78, 5) is 11.2. The van der Waals surface area contributed by atoms with Crippen LogP contribution in [0, 0.1) is 5.82 Å². The summed E-state index contributed by atoms with van der Waals surface area (Å²) in [7, 11) is 1.79. The Kier molecular flexibility index (Phi) is 8.94. The molecule has 1 fully saturated rings. The van der Waals surface area contributed by atoms with Crippen molar-refractivity contribution in [3.8, 4) is 0 Å². The van der Waals surface area contributed by atoms with Gasteiger partial charge in [-0.1, -0.05) is 19.9 Å². The van der Waals surface area contributed by atoms with Crippen LogP contribution >= 0.6 is 35.3 Å². The first-order chi connectivity index (χ1) is 13.0. The molecule has 1 aliphatic heterocycles. The highest BCUT2D eigenvalue weighted by Gasteiger charge is 2.20. The first kappa shape index (κ1) is 22.9. The summed E-state index contributed by atoms with van der Waals surface area (Å²) in [6.45, 7) is 6.80. The first-order valence-electron chi connectivity index (χ1n) is 9.47. The Hall–Kier alpha value is -1.42. The van der Waals surface area contributed by atoms with Crippen LogP contribution in [-0.4, -0.2) is 37.1 Å². The summed E-state index contributed by atoms with van der Waals surface area (Å²) in [6, 6.07) is 7.19. The highest BCUT2D eigenvalue weighted by Crippen LogP contribution is 2.21. The maximum Gasteiger partial charge on any atom is 0.191 e. The zero-order chi connectivity index (χ0) is 19.2. The van der Waals surface area contributed by atoms with Gasteiger partial charge in [-0.05, 0) is 31.0 Å². The Labute approximate surface area is 187 Å². The Morgan fingerprint density at radius 1 is 1.36 bits per heavy atom. The first-order valence-corrected chi connectivity index (χ1v) is 10.3. The van der Waals surface area contributed by atoms with Crippen LogP contribution in [0.2, 0.25) is 0 Å². The molecule has 28 heavy (non-hydrogen) atoms. The number of piperidine rings is 1. The summed E-state index contributed by atoms with van der Waals surface area (Å²) in [5.74, 6) is 1.09. The minimum absolute atomic E-state index is 0. The Morgan fingerprint density at radius 3 is 2.71 bits per heavy atom. The summed E-state index contributed by atoms with van der Waals surface area (Å²) >= 11 is 1.71. The maximum absolute atomic E-state index is 13.4. The molecule has 0 atom stereocenters. The zero-order valence-electron chi connectivity index (χ0n) is 16.6. The molecule has 3 rings (SSSR count). The summed E-state index contributed by atoms with van der Waals surface area (Å²) in [6.07, 6.45) is 1.98. The Morgan fingerprint density at radius 2 is 2.11 bits per heavy atom. The van der Waals surface area contributed by atoms with Gasteiger partial charge in [0.1, 0.15) is 5.82 Å². The number of benzene rings is 1. The van der Waals surface area contributed by atoms with Crippen molar-refractivity contribution in [2.75, 3.05) is 25.0 Å². The molecular formula is C20H29FIN5S. The fourth-order valence-electron chi connectivity index (χ4n) is 3.19. The van der Waals surface area contributed by atoms with E-state index in [1.165, 1.54) is 11.1 Å². The maximum atomic E-state index is 13.4. The van der Waals surface area contributed by atoms with Crippen molar-refractivity contribution >= 4 is 47.0 Å². The zero-order valence-corrected chi connectivity index (χ0v) is 19.8. The number of nitrogens with zero attached hydrogens (tertiary/aromatic N) is 3. The average Bonchev–Trinajstić information content (AvgIpc) is 3.15. The number of guanidine groups is 1. The molecule has 0 spiro atoms. The molecule has 1 saturated heterocycles. The SMILES string of the molecule is CN=C(NCc1csc(C(C)C)n1)NC1CCN(c2cccc(F)c2)CC1.I. The molecule has 2 heterocycles. The number of aliphatic imine (C=N–C) groups is 1. The lowest BCUT2D eigenvalue weighted by Gasteiger charge is -2.34. The normalized spacial score (nSPS) is 15.5. The number of aromatic nitrogens is 1. The molecule has 0 bridgehead atoms. The van der Waals surface area contributed by atoms with Gasteiger partial charge in [0, 0.05) is 43.2 Å². The topological polar surface area (TPSA) is 52.6 Å². The number of hydrogen-bond acceptors (Lipinski definition) is 4. The van der Waals surface area contributed by atoms with Crippen molar-refractivity contribution in [3.63, 3.8) is 0 Å². The summed E-state index contributed by atoms with van der Waals surface area (Å²) in [5.41, 5.74) is 2.01. The number of halogens is 2. The minimum Gasteiger partial charge on any atom is -0.371 e. The van der Waals surface area contributed by atoms with E-state index in [4.69, 9.17) is 0 Å². The molecule has 0 radical (unpaired) electrons. The largest absolute Gasteiger partial charge is 0.371 e. The van der Waals surface area contributed by atoms with E-state index in [0.717, 1.165) is 43.3 Å². The second-order valence-corrected chi connectivity index (χ2v) is 8.03. The van der Waals surface area contributed by atoms with Gasteiger partial charge in [-0.15, -0.1) is 35.3 Å². The van der Waals surface area contributed by atoms with Crippen LogP contribution in [0.25, 0.3) is 0 Å². The molecule has 2 aromatic rings. The van der Waals surface area contributed by atoms with Crippen LogP contribution in [0.15, 0.2) is 34.6 Å². The van der Waals surface area contributed by atoms with E-state index >= 15 is 0 Å². The molecule has 154 valence electrons. The fraction of sp³-hybridized carbons (Fsp3) is 0.500. The van der Waals surface area contributed by atoms with Crippen LogP contribution < -0.4 is 15.5 Å². The van der Waals surface area contributed by atoms with Gasteiger partial charge in [0.25, 0.3) is 0 Å². The minimum atomic E-state index is -0.181. The van der Waals surface area contributed by atoms with Gasteiger partial charge in [0.2, 0.25) is 0 Å². The third kappa shape index (κ3) is 6.30. The number of nitrogens with one attached hydrogen (secondary N) is 2. The van der Waals surface area contributed by atoms with Gasteiger partial charge < -0.3 is 15.5 Å². The quantitative estimate of drug-likeness (QED) is 0.352. The Balaban J connectivity index is 0.00000280. The molecule has 0 aliphatic carbocycles. The van der Waals surface area contributed by atoms with Crippen LogP contribution in [0.4, 0.5) is 10.1 Å². The van der Waals surface area contributed by atoms with Gasteiger partial charge >= 0.3 is 0 Å². The highest BCUT2D eigenvalue weighted by atomic mass is 127. The van der Waals surface area contributed by atoms with E-state index in [1.54, 1.807) is 30.5 Å². The second-order valence-electron chi connectivity index (χ2n) is 7.14. The predicted molar refractivity (Wildman–Crippen MR) is 127 cm³/mol. The fourth-order valence-corrected chi connectivity index (χ4v) is 4.02. The van der Waals surface area contributed by atoms with Crippen LogP contribution in [0.3, 0.4) is 0 Å². The number of rotatable bonds is 5. The van der Waals surface area contributed by atoms with Gasteiger partial charge in [-0.3, -0.25) is 4.99 Å². The van der Waals surface area contributed by atoms with Crippen LogP contribution in [0.1, 0.15) is 43.3 Å². The number of hydrogen-bond donors (Lipinski definition) is 2. The van der Waals surface area contributed by atoms with Crippen LogP contribution in [-0.2, 0) is 6.54 Å². The number of thiazole rings is 1. The van der Waals surface area contributed by atoms with E-state index in [-0.39, 0.29) is 29.8 Å². The van der Waals surface area contributed by atoms with Crippen molar-refractivity contribution in [1.29, 1.82) is 0 Å². The molecule has 2 N–H and O–H groups in total. The standard InChI is InChI=1S/C20H28FN5S.HI/c1-14(2)19-24-17(13-27-19)12-23-20(22-3)25-16-7-9-26(10-8-16)18-6-4-5-15(21)11-18;/h4-6,11,13-14,16H,7-10,12H2,1-3H3,(H2,22,23,25);1H. The lowest BCUT2D eigenvalue weighted by Crippen LogP contribution is -2.48.